The van der Waals surface area contributed by atoms with Gasteiger partial charge in [0.25, 0.3) is 0 Å². The molecule has 1 aliphatic heterocycles. The van der Waals surface area contributed by atoms with Gasteiger partial charge in [-0.25, -0.2) is 0 Å². The van der Waals surface area contributed by atoms with Gasteiger partial charge in [0.1, 0.15) is 0 Å². The van der Waals surface area contributed by atoms with E-state index in [-0.39, 0.29) is 12.4 Å². The van der Waals surface area contributed by atoms with Crippen molar-refractivity contribution in [3.8, 4) is 0 Å². The van der Waals surface area contributed by atoms with Gasteiger partial charge in [-0.15, -0.1) is 12.4 Å². The topological polar surface area (TPSA) is 15.3 Å². The average Bonchev–Trinajstić information content (AvgIpc) is 2.68. The summed E-state index contributed by atoms with van der Waals surface area (Å²) in [5.41, 5.74) is 1.37. The number of hydrogen-bond acceptors (Lipinski definition) is 2. The number of anilines is 1. The van der Waals surface area contributed by atoms with Crippen molar-refractivity contribution in [2.24, 2.45) is 5.92 Å². The molecule has 1 saturated heterocycles. The maximum Gasteiger partial charge on any atom is 0.0366 e. The van der Waals surface area contributed by atoms with Gasteiger partial charge in [-0.05, 0) is 38.1 Å². The number of nitrogens with zero attached hydrogens (tertiary/aromatic N) is 1. The number of hydrogen-bond donors (Lipinski definition) is 1. The van der Waals surface area contributed by atoms with E-state index >= 15 is 0 Å². The first-order valence-electron chi connectivity index (χ1n) is 5.35. The Kier molecular flexibility index (Phi) is 4.92. The standard InChI is InChI=1S/C12H18N2.ClH/c1-13-9-11-7-8-14(10-11)12-5-3-2-4-6-12;/h2-6,11,13H,7-10H2,1H3;1H. The van der Waals surface area contributed by atoms with Crippen LogP contribution in [0, 0.1) is 5.92 Å². The van der Waals surface area contributed by atoms with Gasteiger partial charge in [0, 0.05) is 18.8 Å². The van der Waals surface area contributed by atoms with E-state index in [1.54, 1.807) is 0 Å². The van der Waals surface area contributed by atoms with E-state index in [0.29, 0.717) is 0 Å². The molecular weight excluding hydrogens is 208 g/mol. The van der Waals surface area contributed by atoms with Gasteiger partial charge >= 0.3 is 0 Å². The number of para-hydroxylation sites is 1. The fraction of sp³-hybridized carbons (Fsp3) is 0.500. The summed E-state index contributed by atoms with van der Waals surface area (Å²) in [6, 6.07) is 10.7. The second kappa shape index (κ2) is 5.99. The van der Waals surface area contributed by atoms with Crippen molar-refractivity contribution >= 4 is 18.1 Å². The quantitative estimate of drug-likeness (QED) is 0.850. The largest absolute Gasteiger partial charge is 0.371 e. The normalized spacial score (nSPS) is 20.1. The summed E-state index contributed by atoms with van der Waals surface area (Å²) < 4.78 is 0. The fourth-order valence-corrected chi connectivity index (χ4v) is 2.16. The fourth-order valence-electron chi connectivity index (χ4n) is 2.16. The lowest BCUT2D eigenvalue weighted by atomic mass is 10.1. The Hall–Kier alpha value is -0.730. The summed E-state index contributed by atoms with van der Waals surface area (Å²) >= 11 is 0. The van der Waals surface area contributed by atoms with Gasteiger partial charge in [0.2, 0.25) is 0 Å². The molecule has 0 aromatic heterocycles. The third-order valence-electron chi connectivity index (χ3n) is 2.90. The van der Waals surface area contributed by atoms with Crippen molar-refractivity contribution in [1.29, 1.82) is 0 Å². The summed E-state index contributed by atoms with van der Waals surface area (Å²) in [5.74, 6) is 0.820. The first kappa shape index (κ1) is 12.3. The van der Waals surface area contributed by atoms with E-state index in [0.717, 1.165) is 12.5 Å². The Morgan fingerprint density at radius 1 is 1.33 bits per heavy atom. The minimum atomic E-state index is 0. The third-order valence-corrected chi connectivity index (χ3v) is 2.90. The van der Waals surface area contributed by atoms with Gasteiger partial charge in [-0.1, -0.05) is 18.2 Å². The van der Waals surface area contributed by atoms with Crippen LogP contribution in [0.1, 0.15) is 6.42 Å². The van der Waals surface area contributed by atoms with E-state index in [9.17, 15) is 0 Å². The van der Waals surface area contributed by atoms with Crippen LogP contribution >= 0.6 is 12.4 Å². The van der Waals surface area contributed by atoms with Crippen LogP contribution in [0.5, 0.6) is 0 Å². The zero-order chi connectivity index (χ0) is 9.80. The summed E-state index contributed by atoms with van der Waals surface area (Å²) in [7, 11) is 2.03. The van der Waals surface area contributed by atoms with Gasteiger partial charge in [-0.3, -0.25) is 0 Å². The molecule has 0 amide bonds. The molecule has 1 unspecified atom stereocenters. The molecule has 1 aromatic rings. The summed E-state index contributed by atoms with van der Waals surface area (Å²) in [5, 5.41) is 3.25. The Morgan fingerprint density at radius 3 is 2.73 bits per heavy atom. The Morgan fingerprint density at radius 2 is 2.07 bits per heavy atom. The average molecular weight is 227 g/mol. The molecule has 0 aliphatic carbocycles. The summed E-state index contributed by atoms with van der Waals surface area (Å²) in [6.45, 7) is 3.55. The molecule has 1 atom stereocenters. The van der Waals surface area contributed by atoms with Crippen molar-refractivity contribution < 1.29 is 0 Å². The minimum absolute atomic E-state index is 0. The van der Waals surface area contributed by atoms with Crippen LogP contribution in [-0.4, -0.2) is 26.7 Å². The molecular formula is C12H19ClN2. The van der Waals surface area contributed by atoms with Crippen LogP contribution in [-0.2, 0) is 0 Å². The van der Waals surface area contributed by atoms with E-state index in [2.05, 4.69) is 40.5 Å². The Labute approximate surface area is 98.1 Å². The van der Waals surface area contributed by atoms with E-state index in [1.807, 2.05) is 7.05 Å². The molecule has 0 bridgehead atoms. The van der Waals surface area contributed by atoms with Crippen LogP contribution in [0.4, 0.5) is 5.69 Å². The predicted molar refractivity (Wildman–Crippen MR) is 67.9 cm³/mol. The molecule has 1 heterocycles. The number of benzene rings is 1. The molecule has 1 fully saturated rings. The lowest BCUT2D eigenvalue weighted by molar-refractivity contribution is 0.549. The van der Waals surface area contributed by atoms with Crippen LogP contribution in [0.2, 0.25) is 0 Å². The molecule has 15 heavy (non-hydrogen) atoms. The molecule has 2 rings (SSSR count). The van der Waals surface area contributed by atoms with Crippen LogP contribution in [0.15, 0.2) is 30.3 Å². The van der Waals surface area contributed by atoms with Crippen LogP contribution < -0.4 is 10.2 Å². The summed E-state index contributed by atoms with van der Waals surface area (Å²) in [4.78, 5) is 2.47. The second-order valence-corrected chi connectivity index (χ2v) is 3.99. The zero-order valence-corrected chi connectivity index (χ0v) is 9.96. The first-order valence-corrected chi connectivity index (χ1v) is 5.35. The van der Waals surface area contributed by atoms with Crippen molar-refractivity contribution in [2.45, 2.75) is 6.42 Å². The van der Waals surface area contributed by atoms with Gasteiger partial charge < -0.3 is 10.2 Å². The van der Waals surface area contributed by atoms with E-state index < -0.39 is 0 Å². The van der Waals surface area contributed by atoms with E-state index in [1.165, 1.54) is 25.2 Å². The Bertz CT molecular complexity index is 276. The molecule has 3 heteroatoms. The predicted octanol–water partition coefficient (Wildman–Crippen LogP) is 2.15. The molecule has 0 radical (unpaired) electrons. The second-order valence-electron chi connectivity index (χ2n) is 3.99. The van der Waals surface area contributed by atoms with Crippen molar-refractivity contribution in [1.82, 2.24) is 5.32 Å². The lowest BCUT2D eigenvalue weighted by Crippen LogP contribution is -2.24. The molecule has 2 nitrogen and oxygen atoms in total. The molecule has 0 saturated carbocycles. The molecule has 1 N–H and O–H groups in total. The highest BCUT2D eigenvalue weighted by Gasteiger charge is 2.21. The van der Waals surface area contributed by atoms with E-state index in [4.69, 9.17) is 0 Å². The van der Waals surface area contributed by atoms with Crippen LogP contribution in [0.3, 0.4) is 0 Å². The molecule has 1 aromatic carbocycles. The number of rotatable bonds is 3. The van der Waals surface area contributed by atoms with Crippen molar-refractivity contribution in [2.75, 3.05) is 31.6 Å². The molecule has 1 aliphatic rings. The number of halogens is 1. The molecule has 0 spiro atoms. The molecule has 84 valence electrons. The van der Waals surface area contributed by atoms with Gasteiger partial charge in [0.05, 0.1) is 0 Å². The number of nitrogens with one attached hydrogen (secondary N) is 1. The highest BCUT2D eigenvalue weighted by molar-refractivity contribution is 5.85. The highest BCUT2D eigenvalue weighted by atomic mass is 35.5. The summed E-state index contributed by atoms with van der Waals surface area (Å²) in [6.07, 6.45) is 1.32. The zero-order valence-electron chi connectivity index (χ0n) is 9.15. The highest BCUT2D eigenvalue weighted by Crippen LogP contribution is 2.22. The van der Waals surface area contributed by atoms with Gasteiger partial charge in [-0.2, -0.15) is 0 Å². The maximum absolute atomic E-state index is 3.25. The third kappa shape index (κ3) is 3.11. The van der Waals surface area contributed by atoms with Gasteiger partial charge in [0.15, 0.2) is 0 Å². The minimum Gasteiger partial charge on any atom is -0.371 e. The van der Waals surface area contributed by atoms with Crippen molar-refractivity contribution in [3.05, 3.63) is 30.3 Å². The monoisotopic (exact) mass is 226 g/mol. The Balaban J connectivity index is 0.00000112. The van der Waals surface area contributed by atoms with Crippen LogP contribution in [0.25, 0.3) is 0 Å². The lowest BCUT2D eigenvalue weighted by Gasteiger charge is -2.18. The SMILES string of the molecule is CNCC1CCN(c2ccccc2)C1.Cl. The smallest absolute Gasteiger partial charge is 0.0366 e. The maximum atomic E-state index is 3.25. The van der Waals surface area contributed by atoms with Crippen molar-refractivity contribution in [3.63, 3.8) is 0 Å². The first-order chi connectivity index (χ1) is 6.90.